The molecule has 1 aliphatic heterocycles. The molecule has 6 rings (SSSR count). The lowest BCUT2D eigenvalue weighted by Gasteiger charge is -2.56. The molecule has 3 nitrogen and oxygen atoms in total. The Balaban J connectivity index is 1.44. The number of rotatable bonds is 2. The second kappa shape index (κ2) is 3.20. The fraction of sp³-hybridized carbons (Fsp3) is 0.733. The predicted octanol–water partition coefficient (Wildman–Crippen LogP) is 3.49. The monoisotopic (exact) mass is 245 g/mol. The van der Waals surface area contributed by atoms with Gasteiger partial charge in [-0.15, -0.1) is 5.06 Å². The summed E-state index contributed by atoms with van der Waals surface area (Å²) < 4.78 is 5.48. The summed E-state index contributed by atoms with van der Waals surface area (Å²) in [5.41, 5.74) is 0.353. The molecule has 0 radical (unpaired) electrons. The van der Waals surface area contributed by atoms with Gasteiger partial charge in [0, 0.05) is 0 Å². The third-order valence-corrected chi connectivity index (χ3v) is 5.64. The van der Waals surface area contributed by atoms with Crippen LogP contribution in [0.3, 0.4) is 0 Å². The van der Waals surface area contributed by atoms with E-state index in [1.807, 2.05) is 12.1 Å². The van der Waals surface area contributed by atoms with Crippen molar-refractivity contribution in [2.75, 3.05) is 0 Å². The van der Waals surface area contributed by atoms with Crippen molar-refractivity contribution in [3.05, 3.63) is 24.2 Å². The van der Waals surface area contributed by atoms with Crippen LogP contribution < -0.4 is 0 Å². The molecule has 2 unspecified atom stereocenters. The summed E-state index contributed by atoms with van der Waals surface area (Å²) in [5.74, 6) is 3.89. The fourth-order valence-electron chi connectivity index (χ4n) is 5.38. The first-order valence-corrected chi connectivity index (χ1v) is 7.32. The summed E-state index contributed by atoms with van der Waals surface area (Å²) in [5, 5.41) is 2.27. The minimum absolute atomic E-state index is 0.108. The van der Waals surface area contributed by atoms with Crippen LogP contribution in [0.4, 0.5) is 0 Å². The second-order valence-corrected chi connectivity index (χ2v) is 6.94. The topological polar surface area (TPSA) is 28.7 Å². The number of hydrogen-bond acceptors (Lipinski definition) is 3. The molecule has 4 bridgehead atoms. The standard InChI is InChI=1S/C15H19NO2/c1-2-13(17-3-1)14-16(18-14)15-7-10-4-11(8-15)6-12(5-10)9-15/h1-3,10-12,14H,4-9H2. The van der Waals surface area contributed by atoms with Crippen LogP contribution in [0, 0.1) is 17.8 Å². The molecule has 0 N–H and O–H groups in total. The van der Waals surface area contributed by atoms with Crippen molar-refractivity contribution >= 4 is 0 Å². The lowest BCUT2D eigenvalue weighted by molar-refractivity contribution is -0.0934. The highest BCUT2D eigenvalue weighted by atomic mass is 16.8. The van der Waals surface area contributed by atoms with E-state index in [4.69, 9.17) is 9.25 Å². The maximum absolute atomic E-state index is 5.89. The van der Waals surface area contributed by atoms with Gasteiger partial charge in [-0.05, 0) is 68.4 Å². The Morgan fingerprint density at radius 3 is 2.28 bits per heavy atom. The molecular weight excluding hydrogens is 226 g/mol. The van der Waals surface area contributed by atoms with Gasteiger partial charge in [0.2, 0.25) is 6.23 Å². The van der Waals surface area contributed by atoms with Gasteiger partial charge in [-0.3, -0.25) is 4.84 Å². The van der Waals surface area contributed by atoms with Gasteiger partial charge >= 0.3 is 0 Å². The van der Waals surface area contributed by atoms with E-state index in [2.05, 4.69) is 5.06 Å². The highest BCUT2D eigenvalue weighted by molar-refractivity contribution is 5.12. The Morgan fingerprint density at radius 1 is 1.06 bits per heavy atom. The summed E-state index contributed by atoms with van der Waals surface area (Å²) in [6.45, 7) is 0. The number of furan rings is 1. The minimum Gasteiger partial charge on any atom is -0.465 e. The Bertz CT molecular complexity index is 432. The van der Waals surface area contributed by atoms with Crippen LogP contribution in [0.1, 0.15) is 50.5 Å². The van der Waals surface area contributed by atoms with Crippen LogP contribution in [0.25, 0.3) is 0 Å². The predicted molar refractivity (Wildman–Crippen MR) is 65.3 cm³/mol. The van der Waals surface area contributed by atoms with Crippen molar-refractivity contribution in [3.63, 3.8) is 0 Å². The molecule has 1 aromatic rings. The van der Waals surface area contributed by atoms with Crippen LogP contribution in [-0.4, -0.2) is 10.6 Å². The van der Waals surface area contributed by atoms with Gasteiger partial charge in [-0.1, -0.05) is 0 Å². The van der Waals surface area contributed by atoms with E-state index in [-0.39, 0.29) is 6.23 Å². The van der Waals surface area contributed by atoms with Crippen LogP contribution >= 0.6 is 0 Å². The Morgan fingerprint density at radius 2 is 1.72 bits per heavy atom. The van der Waals surface area contributed by atoms with Gasteiger partial charge < -0.3 is 4.42 Å². The molecule has 2 atom stereocenters. The van der Waals surface area contributed by atoms with E-state index >= 15 is 0 Å². The summed E-state index contributed by atoms with van der Waals surface area (Å²) >= 11 is 0. The zero-order chi connectivity index (χ0) is 11.7. The zero-order valence-electron chi connectivity index (χ0n) is 10.5. The number of nitrogens with zero attached hydrogens (tertiary/aromatic N) is 1. The van der Waals surface area contributed by atoms with E-state index in [1.165, 1.54) is 38.5 Å². The molecule has 0 amide bonds. The molecule has 0 aromatic carbocycles. The summed E-state index contributed by atoms with van der Waals surface area (Å²) in [6, 6.07) is 3.99. The first-order valence-electron chi connectivity index (χ1n) is 7.32. The van der Waals surface area contributed by atoms with E-state index in [0.717, 1.165) is 23.5 Å². The van der Waals surface area contributed by atoms with E-state index in [0.29, 0.717) is 5.54 Å². The molecule has 1 saturated heterocycles. The third-order valence-electron chi connectivity index (χ3n) is 5.64. The van der Waals surface area contributed by atoms with E-state index in [9.17, 15) is 0 Å². The molecular formula is C15H19NO2. The molecule has 1 aromatic heterocycles. The van der Waals surface area contributed by atoms with Gasteiger partial charge in [0.05, 0.1) is 11.8 Å². The highest BCUT2D eigenvalue weighted by Gasteiger charge is 2.61. The quantitative estimate of drug-likeness (QED) is 0.747. The second-order valence-electron chi connectivity index (χ2n) is 6.94. The van der Waals surface area contributed by atoms with Crippen LogP contribution in [-0.2, 0) is 4.84 Å². The normalized spacial score (nSPS) is 52.8. The largest absolute Gasteiger partial charge is 0.465 e. The van der Waals surface area contributed by atoms with Crippen molar-refractivity contribution in [2.24, 2.45) is 17.8 Å². The van der Waals surface area contributed by atoms with Crippen LogP contribution in [0.2, 0.25) is 0 Å². The molecule has 2 heterocycles. The molecule has 0 spiro atoms. The van der Waals surface area contributed by atoms with Gasteiger partial charge in [-0.2, -0.15) is 0 Å². The lowest BCUT2D eigenvalue weighted by Crippen LogP contribution is -2.54. The Kier molecular flexibility index (Phi) is 1.79. The first kappa shape index (κ1) is 10.0. The first-order chi connectivity index (χ1) is 8.82. The van der Waals surface area contributed by atoms with Gasteiger partial charge in [0.1, 0.15) is 0 Å². The lowest BCUT2D eigenvalue weighted by atomic mass is 9.53. The molecule has 4 saturated carbocycles. The third kappa shape index (κ3) is 1.27. The molecule has 18 heavy (non-hydrogen) atoms. The highest BCUT2D eigenvalue weighted by Crippen LogP contribution is 2.62. The Hall–Kier alpha value is -0.800. The van der Waals surface area contributed by atoms with E-state index in [1.54, 1.807) is 6.26 Å². The smallest absolute Gasteiger partial charge is 0.212 e. The Labute approximate surface area is 107 Å². The maximum Gasteiger partial charge on any atom is 0.212 e. The SMILES string of the molecule is c1coc(C2ON2C23CC4CC(CC(C4)C2)C3)c1. The summed E-state index contributed by atoms with van der Waals surface area (Å²) in [7, 11) is 0. The molecule has 5 aliphatic rings. The van der Waals surface area contributed by atoms with Crippen molar-refractivity contribution in [3.8, 4) is 0 Å². The summed E-state index contributed by atoms with van der Waals surface area (Å²) in [6.07, 6.45) is 10.4. The number of hydroxylamine groups is 2. The average Bonchev–Trinajstić information content (AvgIpc) is 2.96. The summed E-state index contributed by atoms with van der Waals surface area (Å²) in [4.78, 5) is 5.89. The van der Waals surface area contributed by atoms with Gasteiger partial charge in [0.15, 0.2) is 5.76 Å². The molecule has 3 heteroatoms. The molecule has 5 fully saturated rings. The molecule has 96 valence electrons. The van der Waals surface area contributed by atoms with Crippen molar-refractivity contribution in [1.82, 2.24) is 5.06 Å². The molecule has 4 aliphatic carbocycles. The minimum atomic E-state index is 0.108. The van der Waals surface area contributed by atoms with Gasteiger partial charge in [0.25, 0.3) is 0 Å². The van der Waals surface area contributed by atoms with Gasteiger partial charge in [-0.25, -0.2) is 0 Å². The number of hydrogen-bond donors (Lipinski definition) is 0. The van der Waals surface area contributed by atoms with Crippen molar-refractivity contribution < 1.29 is 9.25 Å². The average molecular weight is 245 g/mol. The zero-order valence-corrected chi connectivity index (χ0v) is 10.5. The van der Waals surface area contributed by atoms with Crippen LogP contribution in [0.15, 0.2) is 22.8 Å². The van der Waals surface area contributed by atoms with Crippen molar-refractivity contribution in [1.29, 1.82) is 0 Å². The van der Waals surface area contributed by atoms with Crippen LogP contribution in [0.5, 0.6) is 0 Å². The maximum atomic E-state index is 5.89. The fourth-order valence-corrected chi connectivity index (χ4v) is 5.38. The van der Waals surface area contributed by atoms with Crippen molar-refractivity contribution in [2.45, 2.75) is 50.3 Å². The van der Waals surface area contributed by atoms with E-state index < -0.39 is 0 Å².